The number of alkyl halides is 5. The van der Waals surface area contributed by atoms with Crippen LogP contribution in [0.15, 0.2) is 65.6 Å². The Balaban J connectivity index is 1.36. The van der Waals surface area contributed by atoms with E-state index in [1.54, 1.807) is 6.07 Å². The van der Waals surface area contributed by atoms with Crippen molar-refractivity contribution in [1.82, 2.24) is 44.4 Å². The third kappa shape index (κ3) is 7.72. The van der Waals surface area contributed by atoms with Gasteiger partial charge in [0.2, 0.25) is 11.7 Å². The normalized spacial score (nSPS) is 15.7. The smallest absolute Gasteiger partial charge is 0.292 e. The standard InChI is InChI=1S/C40H32ClF7N10O3S/c1-18-10-24-33(36(45)46)53-57(35(24)40(18,47)48)17-31(59)51-28(13-19-11-21(43)15-22(44)12-19)38-52-27-14-20(26-8-9-49-30(16-42)50-26)4-5-23(27)39(60)58(38)29-7-6-25(41)32-34(29)56(2)54-37(32)55-62(3)61/h4-9,11-12,14-15,18,28,36H,10,13,16-17H2,1-3H3,(H,51,59)(H,54,55). The van der Waals surface area contributed by atoms with E-state index < -0.39 is 96.2 Å². The Morgan fingerprint density at radius 1 is 1.06 bits per heavy atom. The first-order valence-electron chi connectivity index (χ1n) is 18.7. The minimum absolute atomic E-state index is 0.0143. The molecule has 322 valence electrons. The molecule has 0 aliphatic heterocycles. The quantitative estimate of drug-likeness (QED) is 0.0944. The molecule has 0 bridgehead atoms. The lowest BCUT2D eigenvalue weighted by Gasteiger charge is -2.24. The molecule has 3 atom stereocenters. The summed E-state index contributed by atoms with van der Waals surface area (Å²) in [6.45, 7) is -0.785. The SMILES string of the molecule is CC1Cc2c(C(F)F)nn(CC(=O)NC(Cc3cc(F)cc(F)c3)c3nc4cc(-c5ccnc(CF)n5)ccc4c(=O)n3-c3ccc(Cl)c4c(N[S+](C)[O-])nn(C)c34)c2C1(F)F. The minimum atomic E-state index is -3.62. The predicted octanol–water partition coefficient (Wildman–Crippen LogP) is 7.35. The molecule has 8 rings (SSSR count). The van der Waals surface area contributed by atoms with Crippen molar-refractivity contribution in [3.8, 4) is 16.9 Å². The lowest BCUT2D eigenvalue weighted by atomic mass is 10.0. The summed E-state index contributed by atoms with van der Waals surface area (Å²) < 4.78 is 120. The van der Waals surface area contributed by atoms with Gasteiger partial charge in [0.15, 0.2) is 5.82 Å². The highest BCUT2D eigenvalue weighted by Crippen LogP contribution is 2.48. The Hall–Kier alpha value is -6.06. The van der Waals surface area contributed by atoms with Crippen molar-refractivity contribution >= 4 is 56.5 Å². The monoisotopic (exact) mass is 900 g/mol. The number of carbonyl (C=O) groups is 1. The molecule has 4 heterocycles. The third-order valence-electron chi connectivity index (χ3n) is 10.4. The maximum atomic E-state index is 15.5. The molecule has 1 aliphatic carbocycles. The van der Waals surface area contributed by atoms with Gasteiger partial charge in [-0.15, -0.1) is 5.10 Å². The van der Waals surface area contributed by atoms with Crippen molar-refractivity contribution in [3.63, 3.8) is 0 Å². The molecule has 3 unspecified atom stereocenters. The van der Waals surface area contributed by atoms with E-state index in [0.717, 1.165) is 16.7 Å². The van der Waals surface area contributed by atoms with Gasteiger partial charge in [0, 0.05) is 42.8 Å². The number of anilines is 1. The van der Waals surface area contributed by atoms with Crippen molar-refractivity contribution in [1.29, 1.82) is 0 Å². The number of rotatable bonds is 12. The number of halogens is 8. The molecule has 22 heteroatoms. The Morgan fingerprint density at radius 3 is 2.50 bits per heavy atom. The summed E-state index contributed by atoms with van der Waals surface area (Å²) in [5.41, 5.74) is -1.96. The molecule has 0 saturated carbocycles. The molecular weight excluding hydrogens is 869 g/mol. The summed E-state index contributed by atoms with van der Waals surface area (Å²) in [6, 6.07) is 9.88. The first-order valence-corrected chi connectivity index (χ1v) is 20.6. The molecular formula is C40H32ClF7N10O3S. The van der Waals surface area contributed by atoms with Crippen LogP contribution >= 0.6 is 11.6 Å². The minimum Gasteiger partial charge on any atom is -0.593 e. The predicted molar refractivity (Wildman–Crippen MR) is 215 cm³/mol. The Labute approximate surface area is 354 Å². The number of nitrogens with zero attached hydrogens (tertiary/aromatic N) is 8. The molecule has 2 N–H and O–H groups in total. The Bertz CT molecular complexity index is 2960. The van der Waals surface area contributed by atoms with Crippen LogP contribution in [-0.2, 0) is 55.2 Å². The van der Waals surface area contributed by atoms with Gasteiger partial charge in [-0.1, -0.05) is 24.6 Å². The van der Waals surface area contributed by atoms with Crippen molar-refractivity contribution in [2.75, 3.05) is 11.0 Å². The van der Waals surface area contributed by atoms with Crippen LogP contribution < -0.4 is 15.6 Å². The van der Waals surface area contributed by atoms with E-state index in [1.165, 1.54) is 61.4 Å². The fraction of sp³-hybridized carbons (Fsp3) is 0.275. The molecule has 0 spiro atoms. The van der Waals surface area contributed by atoms with Gasteiger partial charge in [-0.25, -0.2) is 36.9 Å². The number of aromatic nitrogens is 8. The van der Waals surface area contributed by atoms with Crippen LogP contribution in [0.5, 0.6) is 0 Å². The zero-order valence-corrected chi connectivity index (χ0v) is 34.1. The molecule has 62 heavy (non-hydrogen) atoms. The average Bonchev–Trinajstić information content (AvgIpc) is 3.81. The molecule has 4 aromatic heterocycles. The molecule has 0 radical (unpaired) electrons. The maximum Gasteiger partial charge on any atom is 0.292 e. The molecule has 1 aliphatic rings. The van der Waals surface area contributed by atoms with Gasteiger partial charge in [0.1, 0.15) is 48.3 Å². The number of carbonyl (C=O) groups excluding carboxylic acids is 1. The highest BCUT2D eigenvalue weighted by molar-refractivity contribution is 7.92. The number of hydrogen-bond donors (Lipinski definition) is 2. The van der Waals surface area contributed by atoms with E-state index in [-0.39, 0.29) is 66.8 Å². The van der Waals surface area contributed by atoms with Crippen molar-refractivity contribution in [2.45, 2.75) is 51.4 Å². The maximum absolute atomic E-state index is 15.5. The fourth-order valence-corrected chi connectivity index (χ4v) is 8.45. The highest BCUT2D eigenvalue weighted by atomic mass is 35.5. The van der Waals surface area contributed by atoms with Crippen LogP contribution in [0.1, 0.15) is 53.6 Å². The number of nitrogens with one attached hydrogen (secondary N) is 2. The molecule has 1 amide bonds. The van der Waals surface area contributed by atoms with Gasteiger partial charge >= 0.3 is 0 Å². The number of amides is 1. The van der Waals surface area contributed by atoms with Crippen LogP contribution in [0.4, 0.5) is 36.6 Å². The van der Waals surface area contributed by atoms with Crippen LogP contribution in [0.25, 0.3) is 38.8 Å². The van der Waals surface area contributed by atoms with Crippen LogP contribution in [-0.4, -0.2) is 55.8 Å². The number of fused-ring (bicyclic) bond motifs is 3. The Morgan fingerprint density at radius 2 is 1.81 bits per heavy atom. The summed E-state index contributed by atoms with van der Waals surface area (Å²) in [7, 11) is 1.52. The number of benzene rings is 3. The van der Waals surface area contributed by atoms with Gasteiger partial charge in [-0.05, 0) is 54.4 Å². The van der Waals surface area contributed by atoms with Gasteiger partial charge in [-0.3, -0.25) is 23.5 Å². The van der Waals surface area contributed by atoms with Crippen LogP contribution in [0.3, 0.4) is 0 Å². The van der Waals surface area contributed by atoms with E-state index >= 15 is 8.78 Å². The van der Waals surface area contributed by atoms with E-state index in [0.29, 0.717) is 16.3 Å². The number of aryl methyl sites for hydroxylation is 1. The lowest BCUT2D eigenvalue weighted by Crippen LogP contribution is -2.38. The summed E-state index contributed by atoms with van der Waals surface area (Å²) in [5, 5.41) is 11.2. The second-order valence-electron chi connectivity index (χ2n) is 14.7. The van der Waals surface area contributed by atoms with E-state index in [4.69, 9.17) is 16.6 Å². The third-order valence-corrected chi connectivity index (χ3v) is 11.2. The lowest BCUT2D eigenvalue weighted by molar-refractivity contribution is -0.123. The van der Waals surface area contributed by atoms with Gasteiger partial charge in [-0.2, -0.15) is 18.6 Å². The molecule has 0 saturated heterocycles. The van der Waals surface area contributed by atoms with E-state index in [1.807, 2.05) is 0 Å². The molecule has 13 nitrogen and oxygen atoms in total. The summed E-state index contributed by atoms with van der Waals surface area (Å²) >= 11 is 5.03. The fourth-order valence-electron chi connectivity index (χ4n) is 7.80. The number of hydrogen-bond acceptors (Lipinski definition) is 9. The summed E-state index contributed by atoms with van der Waals surface area (Å²) in [5.74, 6) is -8.33. The second kappa shape index (κ2) is 16.3. The first-order chi connectivity index (χ1) is 29.4. The van der Waals surface area contributed by atoms with Gasteiger partial charge in [0.05, 0.1) is 55.6 Å². The molecule has 7 aromatic rings. The highest BCUT2D eigenvalue weighted by Gasteiger charge is 2.51. The average molecular weight is 901 g/mol. The zero-order valence-electron chi connectivity index (χ0n) is 32.6. The molecule has 3 aromatic carbocycles. The van der Waals surface area contributed by atoms with Crippen molar-refractivity contribution in [2.24, 2.45) is 13.0 Å². The zero-order chi connectivity index (χ0) is 44.4. The largest absolute Gasteiger partial charge is 0.593 e. The molecule has 0 fully saturated rings. The van der Waals surface area contributed by atoms with Crippen LogP contribution in [0, 0.1) is 17.6 Å². The summed E-state index contributed by atoms with van der Waals surface area (Å²) in [6.07, 6.45) is -1.41. The Kier molecular flexibility index (Phi) is 11.2. The topological polar surface area (TPSA) is 160 Å². The van der Waals surface area contributed by atoms with Crippen molar-refractivity contribution in [3.05, 3.63) is 122 Å². The second-order valence-corrected chi connectivity index (χ2v) is 16.2. The van der Waals surface area contributed by atoms with E-state index in [2.05, 4.69) is 30.2 Å². The van der Waals surface area contributed by atoms with Gasteiger partial charge in [0.25, 0.3) is 17.9 Å². The van der Waals surface area contributed by atoms with E-state index in [9.17, 15) is 36.1 Å². The summed E-state index contributed by atoms with van der Waals surface area (Å²) in [4.78, 5) is 42.0. The first kappa shape index (κ1) is 42.6. The van der Waals surface area contributed by atoms with Crippen molar-refractivity contribution < 1.29 is 40.1 Å². The van der Waals surface area contributed by atoms with Crippen LogP contribution in [0.2, 0.25) is 5.02 Å². The van der Waals surface area contributed by atoms with Gasteiger partial charge < -0.3 is 9.87 Å².